The van der Waals surface area contributed by atoms with Crippen LogP contribution in [0.3, 0.4) is 0 Å². The minimum Gasteiger partial charge on any atom is -0.302 e. The van der Waals surface area contributed by atoms with Crippen molar-refractivity contribution in [2.75, 3.05) is 13.1 Å². The highest BCUT2D eigenvalue weighted by molar-refractivity contribution is 6.65. The van der Waals surface area contributed by atoms with Gasteiger partial charge in [0.15, 0.2) is 11.6 Å². The van der Waals surface area contributed by atoms with Crippen LogP contribution in [0.4, 0.5) is 0 Å². The fraction of sp³-hybridized carbons (Fsp3) is 0.655. The zero-order valence-electron chi connectivity index (χ0n) is 42.9. The largest absolute Gasteiger partial charge is 0.302 e. The number of rotatable bonds is 32. The third-order valence-corrected chi connectivity index (χ3v) is 14.4. The van der Waals surface area contributed by atoms with Crippen LogP contribution in [0.1, 0.15) is 232 Å². The van der Waals surface area contributed by atoms with Crippen LogP contribution in [0.5, 0.6) is 0 Å². The number of unbranched alkanes of at least 4 members (excludes halogenated alkanes) is 16. The molecule has 0 radical (unpaired) electrons. The molecule has 2 aromatic rings. The van der Waals surface area contributed by atoms with E-state index < -0.39 is 34.4 Å². The molecule has 0 aliphatic heterocycles. The molecule has 66 heavy (non-hydrogen) atoms. The Morgan fingerprint density at radius 2 is 0.742 bits per heavy atom. The molecule has 6 nitrogen and oxygen atoms in total. The first-order chi connectivity index (χ1) is 31.3. The predicted molar refractivity (Wildman–Crippen MR) is 280 cm³/mol. The number of hydrogen-bond donors (Lipinski definition) is 2. The van der Waals surface area contributed by atoms with Gasteiger partial charge in [-0.3, -0.25) is 19.2 Å². The summed E-state index contributed by atoms with van der Waals surface area (Å²) < 4.78 is 0. The Kier molecular flexibility index (Phi) is 25.4. The van der Waals surface area contributed by atoms with Crippen LogP contribution in [-0.4, -0.2) is 47.2 Å². The maximum Gasteiger partial charge on any atom is 0.238 e. The third kappa shape index (κ3) is 18.5. The number of carbonyl (C=O) groups is 4. The summed E-state index contributed by atoms with van der Waals surface area (Å²) in [5.74, 6) is -1.34. The molecular weight excluding hydrogens is 860 g/mol. The molecule has 4 atom stereocenters. The van der Waals surface area contributed by atoms with E-state index in [1.165, 1.54) is 88.2 Å². The number of ketones is 2. The molecule has 2 aromatic carbocycles. The molecule has 1 aliphatic rings. The number of benzene rings is 2. The van der Waals surface area contributed by atoms with Gasteiger partial charge in [-0.2, -0.15) is 0 Å². The first-order valence-electron chi connectivity index (χ1n) is 25.9. The Morgan fingerprint density at radius 3 is 1.00 bits per heavy atom. The summed E-state index contributed by atoms with van der Waals surface area (Å²) in [6, 6.07) is 15.3. The molecule has 1 aliphatic carbocycles. The molecule has 8 heteroatoms. The molecule has 0 aromatic heterocycles. The lowest BCUT2D eigenvalue weighted by molar-refractivity contribution is -0.117. The second kappa shape index (κ2) is 29.2. The van der Waals surface area contributed by atoms with Crippen molar-refractivity contribution in [3.63, 3.8) is 0 Å². The molecule has 0 bridgehead atoms. The maximum atomic E-state index is 15.5. The Balaban J connectivity index is 2.03. The normalized spacial score (nSPS) is 15.6. The van der Waals surface area contributed by atoms with Gasteiger partial charge in [-0.15, -0.1) is 0 Å². The minimum atomic E-state index is -0.663. The first-order valence-corrected chi connectivity index (χ1v) is 26.7. The van der Waals surface area contributed by atoms with Crippen molar-refractivity contribution >= 4 is 45.3 Å². The second-order valence-corrected chi connectivity index (χ2v) is 22.1. The smallest absolute Gasteiger partial charge is 0.238 e. The Hall–Kier alpha value is -2.90. The van der Waals surface area contributed by atoms with E-state index in [4.69, 9.17) is 23.2 Å². The Bertz CT molecular complexity index is 1750. The molecule has 2 N–H and O–H groups in total. The third-order valence-electron chi connectivity index (χ3n) is 13.9. The average molecular weight is 948 g/mol. The minimum absolute atomic E-state index is 0.0200. The maximum absolute atomic E-state index is 15.5. The quantitative estimate of drug-likeness (QED) is 0.0431. The molecule has 0 fully saturated rings. The fourth-order valence-corrected chi connectivity index (χ4v) is 9.72. The average Bonchev–Trinajstić information content (AvgIpc) is 3.27. The SMILES string of the molecule is CCCCCCCCCCCC(NCC1=C(C(C)c2ccc(C(C)(C)C)cc2)C(=O)C(CNC(CCCCCCCCCCC)C(=O)Cl)=C(C(C)c2ccc(C(C)(C)C)cc2)C1=O)C(=O)Cl. The van der Waals surface area contributed by atoms with Crippen LogP contribution < -0.4 is 10.6 Å². The van der Waals surface area contributed by atoms with Gasteiger partial charge in [-0.1, -0.05) is 233 Å². The molecule has 0 saturated carbocycles. The zero-order chi connectivity index (χ0) is 48.9. The van der Waals surface area contributed by atoms with E-state index in [2.05, 4.69) is 115 Å². The molecule has 0 heterocycles. The van der Waals surface area contributed by atoms with Gasteiger partial charge in [-0.05, 0) is 69.1 Å². The van der Waals surface area contributed by atoms with Crippen LogP contribution in [-0.2, 0) is 30.0 Å². The monoisotopic (exact) mass is 947 g/mol. The highest BCUT2D eigenvalue weighted by Crippen LogP contribution is 2.40. The van der Waals surface area contributed by atoms with Gasteiger partial charge < -0.3 is 10.6 Å². The molecule has 0 spiro atoms. The molecular formula is C58H88Cl2N2O4. The topological polar surface area (TPSA) is 92.3 Å². The van der Waals surface area contributed by atoms with E-state index in [9.17, 15) is 9.59 Å². The number of nitrogens with one attached hydrogen (secondary N) is 2. The molecule has 4 unspecified atom stereocenters. The van der Waals surface area contributed by atoms with Gasteiger partial charge in [0.25, 0.3) is 0 Å². The zero-order valence-corrected chi connectivity index (χ0v) is 44.4. The first kappa shape index (κ1) is 57.4. The van der Waals surface area contributed by atoms with Gasteiger partial charge in [0.05, 0.1) is 12.1 Å². The van der Waals surface area contributed by atoms with Crippen LogP contribution >= 0.6 is 23.2 Å². The van der Waals surface area contributed by atoms with Crippen molar-refractivity contribution < 1.29 is 19.2 Å². The van der Waals surface area contributed by atoms with Crippen molar-refractivity contribution in [2.24, 2.45) is 0 Å². The summed E-state index contributed by atoms with van der Waals surface area (Å²) in [4.78, 5) is 56.8. The lowest BCUT2D eigenvalue weighted by Gasteiger charge is -2.32. The van der Waals surface area contributed by atoms with E-state index in [0.717, 1.165) is 49.7 Å². The standard InChI is InChI=1S/C58H88Cl2N2O4/c1-11-13-15-17-19-21-23-25-27-29-49(55(59)65)61-39-47-51(41(3)43-31-35-45(36-32-43)57(5,6)7)54(64)48(40-62-50(56(60)66)30-28-26-24-22-20-18-16-14-12-2)52(53(47)63)42(4)44-33-37-46(38-34-44)58(8,9)10/h31-38,41-42,49-50,61-62H,11-30,39-40H2,1-10H3. The highest BCUT2D eigenvalue weighted by Gasteiger charge is 2.40. The summed E-state index contributed by atoms with van der Waals surface area (Å²) in [6.45, 7) is 21.5. The second-order valence-electron chi connectivity index (χ2n) is 21.3. The van der Waals surface area contributed by atoms with Crippen LogP contribution in [0, 0.1) is 0 Å². The van der Waals surface area contributed by atoms with E-state index in [-0.39, 0.29) is 35.5 Å². The van der Waals surface area contributed by atoms with Gasteiger partial charge in [0.2, 0.25) is 10.5 Å². The predicted octanol–water partition coefficient (Wildman–Crippen LogP) is 15.2. The molecule has 0 saturated heterocycles. The van der Waals surface area contributed by atoms with Crippen LogP contribution in [0.15, 0.2) is 70.8 Å². The van der Waals surface area contributed by atoms with E-state index in [1.807, 2.05) is 13.8 Å². The number of carbonyl (C=O) groups excluding carboxylic acids is 4. The van der Waals surface area contributed by atoms with Crippen LogP contribution in [0.2, 0.25) is 0 Å². The van der Waals surface area contributed by atoms with Gasteiger partial charge in [0.1, 0.15) is 0 Å². The molecule has 3 rings (SSSR count). The number of Topliss-reactive ketones (excluding diaryl/α,β-unsaturated/α-hetero) is 2. The van der Waals surface area contributed by atoms with Crippen molar-refractivity contribution in [3.8, 4) is 0 Å². The van der Waals surface area contributed by atoms with E-state index >= 15 is 9.59 Å². The van der Waals surface area contributed by atoms with Crippen molar-refractivity contribution in [2.45, 2.75) is 232 Å². The summed E-state index contributed by atoms with van der Waals surface area (Å²) in [7, 11) is 0. The number of allylic oxidation sites excluding steroid dienone is 2. The van der Waals surface area contributed by atoms with Crippen LogP contribution in [0.25, 0.3) is 0 Å². The van der Waals surface area contributed by atoms with Gasteiger partial charge in [-0.25, -0.2) is 0 Å². The Morgan fingerprint density at radius 1 is 0.470 bits per heavy atom. The summed E-state index contributed by atoms with van der Waals surface area (Å²) in [5.41, 5.74) is 5.57. The van der Waals surface area contributed by atoms with Crippen molar-refractivity contribution in [3.05, 3.63) is 93.1 Å². The molecule has 0 amide bonds. The fourth-order valence-electron chi connectivity index (χ4n) is 9.35. The van der Waals surface area contributed by atoms with Gasteiger partial charge in [0, 0.05) is 47.2 Å². The van der Waals surface area contributed by atoms with Crippen molar-refractivity contribution in [1.82, 2.24) is 10.6 Å². The highest BCUT2D eigenvalue weighted by atomic mass is 35.5. The summed E-state index contributed by atoms with van der Waals surface area (Å²) >= 11 is 12.5. The number of hydrogen-bond acceptors (Lipinski definition) is 6. The Labute approximate surface area is 411 Å². The summed E-state index contributed by atoms with van der Waals surface area (Å²) in [5, 5.41) is 5.76. The summed E-state index contributed by atoms with van der Waals surface area (Å²) in [6.07, 6.45) is 22.0. The lowest BCUT2D eigenvalue weighted by atomic mass is 9.72. The van der Waals surface area contributed by atoms with E-state index in [0.29, 0.717) is 35.1 Å². The molecule has 368 valence electrons. The van der Waals surface area contributed by atoms with Crippen molar-refractivity contribution in [1.29, 1.82) is 0 Å². The number of halogens is 2. The van der Waals surface area contributed by atoms with Gasteiger partial charge >= 0.3 is 0 Å². The van der Waals surface area contributed by atoms with E-state index in [1.54, 1.807) is 0 Å². The lowest BCUT2D eigenvalue weighted by Crippen LogP contribution is -2.42.